The van der Waals surface area contributed by atoms with E-state index in [4.69, 9.17) is 5.11 Å². The minimum Gasteiger partial charge on any atom is -0.477 e. The molecule has 1 heterocycles. The molecule has 0 aromatic carbocycles. The third-order valence-electron chi connectivity index (χ3n) is 2.09. The van der Waals surface area contributed by atoms with Crippen molar-refractivity contribution in [1.82, 2.24) is 4.72 Å². The summed E-state index contributed by atoms with van der Waals surface area (Å²) in [6.45, 7) is 3.65. The maximum atomic E-state index is 11.5. The van der Waals surface area contributed by atoms with Crippen molar-refractivity contribution in [2.75, 3.05) is 7.05 Å². The van der Waals surface area contributed by atoms with Crippen molar-refractivity contribution >= 4 is 27.3 Å². The van der Waals surface area contributed by atoms with Crippen LogP contribution in [0.25, 0.3) is 0 Å². The summed E-state index contributed by atoms with van der Waals surface area (Å²) in [5, 5.41) is 8.96. The van der Waals surface area contributed by atoms with Gasteiger partial charge in [0.25, 0.3) is 0 Å². The molecular weight excluding hydrogens is 250 g/mol. The number of hydrogen-bond donors (Lipinski definition) is 2. The molecule has 0 aliphatic carbocycles. The van der Waals surface area contributed by atoms with E-state index in [0.29, 0.717) is 5.56 Å². The third kappa shape index (κ3) is 2.42. The molecule has 1 aromatic rings. The molecule has 0 bridgehead atoms. The number of hydrogen-bond acceptors (Lipinski definition) is 4. The summed E-state index contributed by atoms with van der Waals surface area (Å²) in [7, 11) is -2.27. The van der Waals surface area contributed by atoms with E-state index in [9.17, 15) is 13.2 Å². The number of carbonyl (C=O) groups is 1. The number of sulfonamides is 1. The van der Waals surface area contributed by atoms with Crippen LogP contribution < -0.4 is 4.72 Å². The van der Waals surface area contributed by atoms with Crippen molar-refractivity contribution in [3.8, 4) is 0 Å². The number of carboxylic acid groups (broad SMARTS) is 1. The van der Waals surface area contributed by atoms with Crippen LogP contribution in [0.4, 0.5) is 0 Å². The minimum absolute atomic E-state index is 0.0249. The summed E-state index contributed by atoms with van der Waals surface area (Å²) in [6.07, 6.45) is 0. The monoisotopic (exact) mass is 263 g/mol. The minimum atomic E-state index is -3.56. The van der Waals surface area contributed by atoms with Crippen molar-refractivity contribution in [1.29, 1.82) is 0 Å². The zero-order chi connectivity index (χ0) is 12.5. The molecule has 0 saturated heterocycles. The molecule has 0 spiro atoms. The van der Waals surface area contributed by atoms with Gasteiger partial charge < -0.3 is 5.11 Å². The highest BCUT2D eigenvalue weighted by molar-refractivity contribution is 7.91. The topological polar surface area (TPSA) is 83.5 Å². The lowest BCUT2D eigenvalue weighted by atomic mass is 10.1. The molecule has 0 atom stereocenters. The fourth-order valence-corrected chi connectivity index (χ4v) is 3.52. The lowest BCUT2D eigenvalue weighted by Crippen LogP contribution is -2.17. The second-order valence-corrected chi connectivity index (χ2v) is 6.68. The van der Waals surface area contributed by atoms with Crippen LogP contribution in [0.3, 0.4) is 0 Å². The van der Waals surface area contributed by atoms with Gasteiger partial charge >= 0.3 is 5.97 Å². The van der Waals surface area contributed by atoms with Gasteiger partial charge in [0.05, 0.1) is 0 Å². The molecule has 0 fully saturated rings. The second kappa shape index (κ2) is 4.52. The standard InChI is InChI=1S/C9H13NO4S2/c1-5(2)6-4-7(16(13,14)10-3)15-8(6)9(11)12/h4-5,10H,1-3H3,(H,11,12). The number of nitrogens with one attached hydrogen (secondary N) is 1. The summed E-state index contributed by atoms with van der Waals surface area (Å²) < 4.78 is 25.2. The molecule has 0 unspecified atom stereocenters. The molecule has 2 N–H and O–H groups in total. The highest BCUT2D eigenvalue weighted by atomic mass is 32.2. The first-order valence-corrected chi connectivity index (χ1v) is 6.90. The summed E-state index contributed by atoms with van der Waals surface area (Å²) in [5.41, 5.74) is 0.548. The van der Waals surface area contributed by atoms with Crippen LogP contribution in [0.1, 0.15) is 35.0 Å². The molecule has 1 rings (SSSR count). The van der Waals surface area contributed by atoms with Crippen molar-refractivity contribution in [3.63, 3.8) is 0 Å². The first-order chi connectivity index (χ1) is 7.29. The predicted molar refractivity (Wildman–Crippen MR) is 61.6 cm³/mol. The average molecular weight is 263 g/mol. The van der Waals surface area contributed by atoms with Crippen LogP contribution in [-0.4, -0.2) is 26.5 Å². The van der Waals surface area contributed by atoms with E-state index < -0.39 is 16.0 Å². The third-order valence-corrected chi connectivity index (χ3v) is 5.11. The summed E-state index contributed by atoms with van der Waals surface area (Å²) in [6, 6.07) is 1.42. The van der Waals surface area contributed by atoms with Crippen molar-refractivity contribution in [2.24, 2.45) is 0 Å². The molecule has 16 heavy (non-hydrogen) atoms. The van der Waals surface area contributed by atoms with E-state index in [-0.39, 0.29) is 15.0 Å². The Morgan fingerprint density at radius 2 is 2.06 bits per heavy atom. The molecule has 0 radical (unpaired) electrons. The van der Waals surface area contributed by atoms with Gasteiger partial charge in [0.2, 0.25) is 10.0 Å². The number of aromatic carboxylic acids is 1. The van der Waals surface area contributed by atoms with Crippen LogP contribution in [0.5, 0.6) is 0 Å². The molecule has 0 saturated carbocycles. The van der Waals surface area contributed by atoms with Gasteiger partial charge in [0.15, 0.2) is 0 Å². The molecule has 0 amide bonds. The Bertz CT molecular complexity index is 502. The molecule has 7 heteroatoms. The van der Waals surface area contributed by atoms with E-state index in [1.54, 1.807) is 0 Å². The SMILES string of the molecule is CNS(=O)(=O)c1cc(C(C)C)c(C(=O)O)s1. The van der Waals surface area contributed by atoms with Gasteiger partial charge in [-0.25, -0.2) is 17.9 Å². The highest BCUT2D eigenvalue weighted by Crippen LogP contribution is 2.31. The van der Waals surface area contributed by atoms with Gasteiger partial charge in [-0.05, 0) is 24.6 Å². The summed E-state index contributed by atoms with van der Waals surface area (Å²) in [5.74, 6) is -1.12. The normalized spacial score (nSPS) is 12.0. The molecular formula is C9H13NO4S2. The van der Waals surface area contributed by atoms with Crippen molar-refractivity contribution < 1.29 is 18.3 Å². The largest absolute Gasteiger partial charge is 0.477 e. The maximum Gasteiger partial charge on any atom is 0.346 e. The van der Waals surface area contributed by atoms with E-state index in [0.717, 1.165) is 11.3 Å². The van der Waals surface area contributed by atoms with Crippen LogP contribution in [-0.2, 0) is 10.0 Å². The van der Waals surface area contributed by atoms with Crippen LogP contribution in [0.2, 0.25) is 0 Å². The zero-order valence-corrected chi connectivity index (χ0v) is 10.8. The molecule has 5 nitrogen and oxygen atoms in total. The first-order valence-electron chi connectivity index (χ1n) is 4.60. The van der Waals surface area contributed by atoms with Gasteiger partial charge in [0, 0.05) is 0 Å². The number of rotatable bonds is 4. The summed E-state index contributed by atoms with van der Waals surface area (Å²) >= 11 is 0.777. The fraction of sp³-hybridized carbons (Fsp3) is 0.444. The average Bonchev–Trinajstić information content (AvgIpc) is 2.62. The highest BCUT2D eigenvalue weighted by Gasteiger charge is 2.23. The maximum absolute atomic E-state index is 11.5. The second-order valence-electron chi connectivity index (χ2n) is 3.52. The van der Waals surface area contributed by atoms with Crippen LogP contribution in [0, 0.1) is 0 Å². The van der Waals surface area contributed by atoms with E-state index in [2.05, 4.69) is 4.72 Å². The van der Waals surface area contributed by atoms with Gasteiger partial charge in [-0.15, -0.1) is 11.3 Å². The van der Waals surface area contributed by atoms with E-state index in [1.807, 2.05) is 13.8 Å². The van der Waals surface area contributed by atoms with Crippen LogP contribution >= 0.6 is 11.3 Å². The predicted octanol–water partition coefficient (Wildman–Crippen LogP) is 1.48. The van der Waals surface area contributed by atoms with Crippen LogP contribution in [0.15, 0.2) is 10.3 Å². The molecule has 1 aromatic heterocycles. The Hall–Kier alpha value is -0.920. The number of thiophene rings is 1. The molecule has 0 aliphatic rings. The summed E-state index contributed by atoms with van der Waals surface area (Å²) in [4.78, 5) is 11.0. The lowest BCUT2D eigenvalue weighted by molar-refractivity contribution is 0.0700. The first kappa shape index (κ1) is 13.1. The Kier molecular flexibility index (Phi) is 3.72. The Morgan fingerprint density at radius 1 is 1.50 bits per heavy atom. The molecule has 0 aliphatic heterocycles. The fourth-order valence-electron chi connectivity index (χ4n) is 1.21. The Labute approximate surface area is 98.2 Å². The number of carboxylic acids is 1. The van der Waals surface area contributed by atoms with Crippen molar-refractivity contribution in [3.05, 3.63) is 16.5 Å². The lowest BCUT2D eigenvalue weighted by Gasteiger charge is -2.01. The van der Waals surface area contributed by atoms with E-state index >= 15 is 0 Å². The zero-order valence-electron chi connectivity index (χ0n) is 9.14. The van der Waals surface area contributed by atoms with Crippen molar-refractivity contribution in [2.45, 2.75) is 24.0 Å². The van der Waals surface area contributed by atoms with Gasteiger partial charge in [0.1, 0.15) is 9.09 Å². The quantitative estimate of drug-likeness (QED) is 0.861. The smallest absolute Gasteiger partial charge is 0.346 e. The van der Waals surface area contributed by atoms with Gasteiger partial charge in [-0.3, -0.25) is 0 Å². The van der Waals surface area contributed by atoms with Gasteiger partial charge in [-0.1, -0.05) is 13.8 Å². The Morgan fingerprint density at radius 3 is 2.38 bits per heavy atom. The van der Waals surface area contributed by atoms with Gasteiger partial charge in [-0.2, -0.15) is 0 Å². The van der Waals surface area contributed by atoms with E-state index in [1.165, 1.54) is 13.1 Å². The molecule has 90 valence electrons. The Balaban J connectivity index is 3.38.